The topological polar surface area (TPSA) is 95.1 Å². The molecule has 1 amide bonds. The van der Waals surface area contributed by atoms with E-state index < -0.39 is 30.5 Å². The van der Waals surface area contributed by atoms with Crippen molar-refractivity contribution in [1.82, 2.24) is 15.5 Å². The Morgan fingerprint density at radius 2 is 2.15 bits per heavy atom. The molecule has 112 valence electrons. The van der Waals surface area contributed by atoms with Crippen molar-refractivity contribution < 1.29 is 27.9 Å². The molecule has 0 aliphatic rings. The lowest BCUT2D eigenvalue weighted by Crippen LogP contribution is -2.46. The van der Waals surface area contributed by atoms with E-state index in [1.807, 2.05) is 6.92 Å². The van der Waals surface area contributed by atoms with Gasteiger partial charge < -0.3 is 10.4 Å². The second kappa shape index (κ2) is 6.40. The van der Waals surface area contributed by atoms with Crippen molar-refractivity contribution in [2.24, 2.45) is 0 Å². The van der Waals surface area contributed by atoms with E-state index in [1.165, 1.54) is 6.07 Å². The molecule has 6 nitrogen and oxygen atoms in total. The largest absolute Gasteiger partial charge is 0.481 e. The van der Waals surface area contributed by atoms with Crippen LogP contribution >= 0.6 is 0 Å². The smallest absolute Gasteiger partial charge is 0.409 e. The number of carbonyl (C=O) groups excluding carboxylic acids is 1. The fraction of sp³-hybridized carbons (Fsp3) is 0.545. The predicted octanol–water partition coefficient (Wildman–Crippen LogP) is 1.50. The van der Waals surface area contributed by atoms with Crippen LogP contribution in [0.15, 0.2) is 6.07 Å². The van der Waals surface area contributed by atoms with Gasteiger partial charge in [0.15, 0.2) is 0 Å². The molecule has 20 heavy (non-hydrogen) atoms. The SMILES string of the molecule is CCCc1cc(C(=O)NC(CC(=O)O)C(F)(F)F)n[nH]1. The van der Waals surface area contributed by atoms with Crippen molar-refractivity contribution in [2.45, 2.75) is 38.4 Å². The van der Waals surface area contributed by atoms with Crippen molar-refractivity contribution in [3.8, 4) is 0 Å². The maximum absolute atomic E-state index is 12.6. The third-order valence-electron chi connectivity index (χ3n) is 2.46. The van der Waals surface area contributed by atoms with Crippen LogP contribution in [0.2, 0.25) is 0 Å². The van der Waals surface area contributed by atoms with Gasteiger partial charge in [-0.2, -0.15) is 18.3 Å². The Bertz CT molecular complexity index is 485. The molecule has 0 bridgehead atoms. The number of aliphatic carboxylic acids is 1. The van der Waals surface area contributed by atoms with E-state index in [2.05, 4.69) is 10.2 Å². The van der Waals surface area contributed by atoms with Gasteiger partial charge in [0, 0.05) is 5.69 Å². The minimum Gasteiger partial charge on any atom is -0.481 e. The molecule has 3 N–H and O–H groups in total. The monoisotopic (exact) mass is 293 g/mol. The zero-order chi connectivity index (χ0) is 15.3. The lowest BCUT2D eigenvalue weighted by Gasteiger charge is -2.19. The molecule has 0 aliphatic heterocycles. The molecule has 1 unspecified atom stereocenters. The number of amides is 1. The van der Waals surface area contributed by atoms with E-state index in [0.29, 0.717) is 12.1 Å². The molecule has 1 atom stereocenters. The fourth-order valence-electron chi connectivity index (χ4n) is 1.53. The molecule has 1 aromatic rings. The molecular weight excluding hydrogens is 279 g/mol. The third-order valence-corrected chi connectivity index (χ3v) is 2.46. The van der Waals surface area contributed by atoms with Gasteiger partial charge in [-0.05, 0) is 12.5 Å². The number of hydrogen-bond donors (Lipinski definition) is 3. The van der Waals surface area contributed by atoms with Gasteiger partial charge in [0.05, 0.1) is 6.42 Å². The van der Waals surface area contributed by atoms with Gasteiger partial charge in [0.2, 0.25) is 0 Å². The first-order valence-corrected chi connectivity index (χ1v) is 5.87. The van der Waals surface area contributed by atoms with E-state index in [0.717, 1.165) is 6.42 Å². The number of nitrogens with zero attached hydrogens (tertiary/aromatic N) is 1. The van der Waals surface area contributed by atoms with Crippen LogP contribution in [0.5, 0.6) is 0 Å². The summed E-state index contributed by atoms with van der Waals surface area (Å²) >= 11 is 0. The van der Waals surface area contributed by atoms with E-state index in [-0.39, 0.29) is 5.69 Å². The fourth-order valence-corrected chi connectivity index (χ4v) is 1.53. The number of carbonyl (C=O) groups is 2. The highest BCUT2D eigenvalue weighted by Gasteiger charge is 2.42. The Kier molecular flexibility index (Phi) is 5.12. The summed E-state index contributed by atoms with van der Waals surface area (Å²) in [4.78, 5) is 22.0. The highest BCUT2D eigenvalue weighted by molar-refractivity contribution is 5.92. The molecule has 1 rings (SSSR count). The first-order chi connectivity index (χ1) is 9.24. The number of H-pyrrole nitrogens is 1. The molecule has 1 heterocycles. The van der Waals surface area contributed by atoms with Crippen LogP contribution < -0.4 is 5.32 Å². The Morgan fingerprint density at radius 1 is 1.50 bits per heavy atom. The molecule has 0 aromatic carbocycles. The molecule has 1 aromatic heterocycles. The van der Waals surface area contributed by atoms with E-state index >= 15 is 0 Å². The summed E-state index contributed by atoms with van der Waals surface area (Å²) in [6, 6.07) is -1.11. The number of nitrogens with one attached hydrogen (secondary N) is 2. The van der Waals surface area contributed by atoms with Crippen LogP contribution in [0.4, 0.5) is 13.2 Å². The Balaban J connectivity index is 2.76. The number of hydrogen-bond acceptors (Lipinski definition) is 3. The van der Waals surface area contributed by atoms with Crippen LogP contribution in [-0.2, 0) is 11.2 Å². The molecular formula is C11H14F3N3O3. The number of alkyl halides is 3. The van der Waals surface area contributed by atoms with Gasteiger partial charge >= 0.3 is 12.1 Å². The Morgan fingerprint density at radius 3 is 2.65 bits per heavy atom. The van der Waals surface area contributed by atoms with Gasteiger partial charge in [0.25, 0.3) is 5.91 Å². The lowest BCUT2D eigenvalue weighted by atomic mass is 10.2. The highest BCUT2D eigenvalue weighted by Crippen LogP contribution is 2.22. The number of halogens is 3. The Hall–Kier alpha value is -2.06. The van der Waals surface area contributed by atoms with E-state index in [4.69, 9.17) is 5.11 Å². The maximum atomic E-state index is 12.6. The second-order valence-corrected chi connectivity index (χ2v) is 4.19. The van der Waals surface area contributed by atoms with E-state index in [1.54, 1.807) is 5.32 Å². The number of rotatable bonds is 6. The van der Waals surface area contributed by atoms with Gasteiger partial charge in [-0.3, -0.25) is 14.7 Å². The zero-order valence-corrected chi connectivity index (χ0v) is 10.6. The first-order valence-electron chi connectivity index (χ1n) is 5.87. The van der Waals surface area contributed by atoms with Crippen LogP contribution in [0.3, 0.4) is 0 Å². The number of aromatic nitrogens is 2. The lowest BCUT2D eigenvalue weighted by molar-refractivity contribution is -0.165. The van der Waals surface area contributed by atoms with Crippen LogP contribution in [-0.4, -0.2) is 39.4 Å². The number of carboxylic acid groups (broad SMARTS) is 1. The number of aromatic amines is 1. The summed E-state index contributed by atoms with van der Waals surface area (Å²) in [5.41, 5.74) is 0.424. The number of aryl methyl sites for hydroxylation is 1. The van der Waals surface area contributed by atoms with Crippen molar-refractivity contribution in [2.75, 3.05) is 0 Å². The second-order valence-electron chi connectivity index (χ2n) is 4.19. The van der Waals surface area contributed by atoms with Crippen LogP contribution in [0.25, 0.3) is 0 Å². The standard InChI is InChI=1S/C11H14F3N3O3/c1-2-3-6-4-7(17-16-6)10(20)15-8(5-9(18)19)11(12,13)14/h4,8H,2-3,5H2,1H3,(H,15,20)(H,16,17)(H,18,19). The summed E-state index contributed by atoms with van der Waals surface area (Å²) in [7, 11) is 0. The molecule has 0 aliphatic carbocycles. The van der Waals surface area contributed by atoms with Gasteiger partial charge in [-0.25, -0.2) is 0 Å². The van der Waals surface area contributed by atoms with Crippen molar-refractivity contribution >= 4 is 11.9 Å². The highest BCUT2D eigenvalue weighted by atomic mass is 19.4. The molecule has 0 saturated carbocycles. The molecule has 0 saturated heterocycles. The minimum absolute atomic E-state index is 0.201. The van der Waals surface area contributed by atoms with Gasteiger partial charge in [-0.15, -0.1) is 0 Å². The average Bonchev–Trinajstić information content (AvgIpc) is 2.75. The van der Waals surface area contributed by atoms with Crippen LogP contribution in [0, 0.1) is 0 Å². The molecule has 0 fully saturated rings. The average molecular weight is 293 g/mol. The maximum Gasteiger partial charge on any atom is 0.409 e. The summed E-state index contributed by atoms with van der Waals surface area (Å²) in [5.74, 6) is -2.71. The van der Waals surface area contributed by atoms with Crippen LogP contribution in [0.1, 0.15) is 35.9 Å². The third kappa shape index (κ3) is 4.56. The Labute approximate surface area is 112 Å². The van der Waals surface area contributed by atoms with Gasteiger partial charge in [-0.1, -0.05) is 13.3 Å². The zero-order valence-electron chi connectivity index (χ0n) is 10.6. The summed E-state index contributed by atoms with van der Waals surface area (Å²) < 4.78 is 37.7. The van der Waals surface area contributed by atoms with Gasteiger partial charge in [0.1, 0.15) is 11.7 Å². The summed E-state index contributed by atoms with van der Waals surface area (Å²) in [6.07, 6.45) is -4.68. The first kappa shape index (κ1) is 16.0. The number of carboxylic acids is 1. The molecule has 9 heteroatoms. The summed E-state index contributed by atoms with van der Waals surface area (Å²) in [5, 5.41) is 16.2. The quantitative estimate of drug-likeness (QED) is 0.740. The predicted molar refractivity (Wildman–Crippen MR) is 62.1 cm³/mol. The van der Waals surface area contributed by atoms with Crippen molar-refractivity contribution in [3.05, 3.63) is 17.5 Å². The normalized spacial score (nSPS) is 13.0. The molecule has 0 radical (unpaired) electrons. The van der Waals surface area contributed by atoms with E-state index in [9.17, 15) is 22.8 Å². The van der Waals surface area contributed by atoms with Crippen molar-refractivity contribution in [1.29, 1.82) is 0 Å². The minimum atomic E-state index is -4.84. The molecule has 0 spiro atoms. The van der Waals surface area contributed by atoms with Crippen molar-refractivity contribution in [3.63, 3.8) is 0 Å². The summed E-state index contributed by atoms with van der Waals surface area (Å²) in [6.45, 7) is 1.90.